The molecule has 0 saturated heterocycles. The topological polar surface area (TPSA) is 79.4 Å². The minimum Gasteiger partial charge on any atom is -0.508 e. The Balaban J connectivity index is 1.86. The molecule has 3 rings (SSSR count). The number of phenolic OH excluding ortho intramolecular Hbond substituents is 2. The molecule has 0 spiro atoms. The third-order valence-corrected chi connectivity index (χ3v) is 3.36. The van der Waals surface area contributed by atoms with Crippen LogP contribution >= 0.6 is 15.9 Å². The summed E-state index contributed by atoms with van der Waals surface area (Å²) in [6.07, 6.45) is 0.535. The van der Waals surface area contributed by atoms with Gasteiger partial charge in [0.05, 0.1) is 0 Å². The highest BCUT2D eigenvalue weighted by Gasteiger charge is 2.11. The molecule has 106 valence electrons. The Kier molecular flexibility index (Phi) is 3.62. The summed E-state index contributed by atoms with van der Waals surface area (Å²) in [5, 5.41) is 22.9. The maximum absolute atomic E-state index is 9.47. The molecule has 1 aromatic heterocycles. The second-order valence-electron chi connectivity index (χ2n) is 4.56. The van der Waals surface area contributed by atoms with Crippen molar-refractivity contribution in [3.05, 3.63) is 58.3 Å². The summed E-state index contributed by atoms with van der Waals surface area (Å²) in [5.74, 6) is 0.672. The molecular weight excluding hydrogens is 336 g/mol. The summed E-state index contributed by atoms with van der Waals surface area (Å²) < 4.78 is 6.16. The van der Waals surface area contributed by atoms with E-state index in [2.05, 4.69) is 26.1 Å². The average Bonchev–Trinajstić information content (AvgIpc) is 2.86. The van der Waals surface area contributed by atoms with E-state index in [9.17, 15) is 10.2 Å². The number of rotatable bonds is 3. The molecule has 0 fully saturated rings. The van der Waals surface area contributed by atoms with E-state index in [1.807, 2.05) is 24.3 Å². The second-order valence-corrected chi connectivity index (χ2v) is 5.48. The molecule has 0 aliphatic rings. The lowest BCUT2D eigenvalue weighted by atomic mass is 10.1. The Morgan fingerprint density at radius 3 is 2.52 bits per heavy atom. The summed E-state index contributed by atoms with van der Waals surface area (Å²) >= 11 is 3.41. The highest BCUT2D eigenvalue weighted by Crippen LogP contribution is 2.27. The van der Waals surface area contributed by atoms with E-state index < -0.39 is 0 Å². The molecule has 3 aromatic rings. The Labute approximate surface area is 129 Å². The first kappa shape index (κ1) is 13.6. The predicted molar refractivity (Wildman–Crippen MR) is 80.0 cm³/mol. The van der Waals surface area contributed by atoms with Crippen LogP contribution in [0.4, 0.5) is 0 Å². The molecule has 5 nitrogen and oxygen atoms in total. The zero-order valence-corrected chi connectivity index (χ0v) is 12.4. The van der Waals surface area contributed by atoms with E-state index in [1.165, 1.54) is 18.2 Å². The van der Waals surface area contributed by atoms with E-state index in [0.717, 1.165) is 10.0 Å². The second kappa shape index (κ2) is 5.57. The van der Waals surface area contributed by atoms with Gasteiger partial charge in [0.25, 0.3) is 5.89 Å². The number of halogens is 1. The average molecular weight is 347 g/mol. The first-order valence-corrected chi connectivity index (χ1v) is 7.00. The Morgan fingerprint density at radius 2 is 1.81 bits per heavy atom. The van der Waals surface area contributed by atoms with Gasteiger partial charge in [-0.25, -0.2) is 0 Å². The number of aromatic nitrogens is 2. The lowest BCUT2D eigenvalue weighted by molar-refractivity contribution is 0.421. The molecule has 0 aliphatic heterocycles. The van der Waals surface area contributed by atoms with Gasteiger partial charge in [-0.1, -0.05) is 33.2 Å². The Hall–Kier alpha value is -2.34. The van der Waals surface area contributed by atoms with Crippen molar-refractivity contribution in [3.8, 4) is 23.0 Å². The zero-order chi connectivity index (χ0) is 14.8. The van der Waals surface area contributed by atoms with Crippen LogP contribution in [0.25, 0.3) is 11.5 Å². The number of hydrogen-bond donors (Lipinski definition) is 2. The normalized spacial score (nSPS) is 10.7. The number of benzene rings is 2. The first-order chi connectivity index (χ1) is 10.1. The van der Waals surface area contributed by atoms with Crippen LogP contribution in [0.2, 0.25) is 0 Å². The van der Waals surface area contributed by atoms with Crippen LogP contribution in [0.5, 0.6) is 11.5 Å². The molecule has 2 aromatic carbocycles. The molecule has 0 bridgehead atoms. The maximum Gasteiger partial charge on any atom is 0.258 e. The molecule has 0 radical (unpaired) electrons. The molecule has 6 heteroatoms. The minimum atomic E-state index is -0.0586. The summed E-state index contributed by atoms with van der Waals surface area (Å²) in [7, 11) is 0. The summed E-state index contributed by atoms with van der Waals surface area (Å²) in [5.41, 5.74) is 1.52. The molecule has 2 N–H and O–H groups in total. The molecule has 0 saturated carbocycles. The van der Waals surface area contributed by atoms with E-state index in [4.69, 9.17) is 4.52 Å². The zero-order valence-electron chi connectivity index (χ0n) is 10.8. The molecule has 0 atom stereocenters. The summed E-state index contributed by atoms with van der Waals surface area (Å²) in [6, 6.07) is 12.0. The van der Waals surface area contributed by atoms with Crippen LogP contribution in [-0.2, 0) is 6.42 Å². The minimum absolute atomic E-state index is 0.0586. The Bertz CT molecular complexity index is 766. The van der Waals surface area contributed by atoms with Crippen LogP contribution in [0, 0.1) is 0 Å². The van der Waals surface area contributed by atoms with Gasteiger partial charge in [-0.05, 0) is 29.8 Å². The molecule has 0 unspecified atom stereocenters. The van der Waals surface area contributed by atoms with Gasteiger partial charge in [0, 0.05) is 22.5 Å². The molecule has 0 amide bonds. The number of aromatic hydroxyl groups is 2. The van der Waals surface area contributed by atoms with Gasteiger partial charge in [-0.3, -0.25) is 0 Å². The number of hydrogen-bond acceptors (Lipinski definition) is 5. The van der Waals surface area contributed by atoms with Crippen molar-refractivity contribution in [2.75, 3.05) is 0 Å². The van der Waals surface area contributed by atoms with Crippen molar-refractivity contribution < 1.29 is 14.7 Å². The lowest BCUT2D eigenvalue weighted by Crippen LogP contribution is -1.90. The third kappa shape index (κ3) is 3.22. The largest absolute Gasteiger partial charge is 0.508 e. The van der Waals surface area contributed by atoms with Crippen molar-refractivity contribution in [3.63, 3.8) is 0 Å². The van der Waals surface area contributed by atoms with Gasteiger partial charge in [0.1, 0.15) is 11.5 Å². The fourth-order valence-electron chi connectivity index (χ4n) is 1.99. The SMILES string of the molecule is Oc1cc(O)cc(-c2nc(Cc3cccc(Br)c3)no2)c1. The van der Waals surface area contributed by atoms with Crippen molar-refractivity contribution in [1.82, 2.24) is 10.1 Å². The highest BCUT2D eigenvalue weighted by atomic mass is 79.9. The smallest absolute Gasteiger partial charge is 0.258 e. The third-order valence-electron chi connectivity index (χ3n) is 2.87. The maximum atomic E-state index is 9.47. The highest BCUT2D eigenvalue weighted by molar-refractivity contribution is 9.10. The van der Waals surface area contributed by atoms with Gasteiger partial charge >= 0.3 is 0 Å². The van der Waals surface area contributed by atoms with Crippen LogP contribution < -0.4 is 0 Å². The molecule has 0 aliphatic carbocycles. The predicted octanol–water partition coefficient (Wildman–Crippen LogP) is 3.50. The molecular formula is C15H11BrN2O3. The fourth-order valence-corrected chi connectivity index (χ4v) is 2.44. The molecule has 1 heterocycles. The van der Waals surface area contributed by atoms with Crippen molar-refractivity contribution >= 4 is 15.9 Å². The number of nitrogens with zero attached hydrogens (tertiary/aromatic N) is 2. The fraction of sp³-hybridized carbons (Fsp3) is 0.0667. The van der Waals surface area contributed by atoms with Crippen LogP contribution in [0.1, 0.15) is 11.4 Å². The first-order valence-electron chi connectivity index (χ1n) is 6.20. The van der Waals surface area contributed by atoms with Gasteiger partial charge in [-0.15, -0.1) is 0 Å². The van der Waals surface area contributed by atoms with Crippen LogP contribution in [0.15, 0.2) is 51.5 Å². The van der Waals surface area contributed by atoms with Crippen LogP contribution in [0.3, 0.4) is 0 Å². The molecule has 21 heavy (non-hydrogen) atoms. The van der Waals surface area contributed by atoms with Crippen molar-refractivity contribution in [2.24, 2.45) is 0 Å². The van der Waals surface area contributed by atoms with Gasteiger partial charge in [0.15, 0.2) is 5.82 Å². The summed E-state index contributed by atoms with van der Waals surface area (Å²) in [4.78, 5) is 4.27. The number of phenols is 2. The standard InChI is InChI=1S/C15H11BrN2O3/c16-11-3-1-2-9(4-11)5-14-17-15(21-18-14)10-6-12(19)8-13(20)7-10/h1-4,6-8,19-20H,5H2. The van der Waals surface area contributed by atoms with E-state index >= 15 is 0 Å². The van der Waals surface area contributed by atoms with Gasteiger partial charge in [0.2, 0.25) is 0 Å². The monoisotopic (exact) mass is 346 g/mol. The van der Waals surface area contributed by atoms with Crippen molar-refractivity contribution in [1.29, 1.82) is 0 Å². The van der Waals surface area contributed by atoms with Gasteiger partial charge in [-0.2, -0.15) is 4.98 Å². The van der Waals surface area contributed by atoms with Gasteiger partial charge < -0.3 is 14.7 Å². The lowest BCUT2D eigenvalue weighted by Gasteiger charge is -1.98. The van der Waals surface area contributed by atoms with E-state index in [-0.39, 0.29) is 17.4 Å². The van der Waals surface area contributed by atoms with E-state index in [1.54, 1.807) is 0 Å². The van der Waals surface area contributed by atoms with Crippen molar-refractivity contribution in [2.45, 2.75) is 6.42 Å². The quantitative estimate of drug-likeness (QED) is 0.758. The van der Waals surface area contributed by atoms with Crippen LogP contribution in [-0.4, -0.2) is 20.4 Å². The summed E-state index contributed by atoms with van der Waals surface area (Å²) in [6.45, 7) is 0. The Morgan fingerprint density at radius 1 is 1.05 bits per heavy atom. The van der Waals surface area contributed by atoms with E-state index in [0.29, 0.717) is 17.8 Å².